The maximum absolute atomic E-state index is 14.4. The lowest BCUT2D eigenvalue weighted by Crippen LogP contribution is -2.58. The molecule has 0 aromatic carbocycles. The maximum Gasteiger partial charge on any atom is 0.531 e. The molecule has 3 atom stereocenters. The van der Waals surface area contributed by atoms with Gasteiger partial charge in [-0.3, -0.25) is 13.6 Å². The molecule has 0 rings (SSSR count). The Morgan fingerprint density at radius 3 is 0.743 bits per heavy atom. The molecule has 13 nitrogen and oxygen atoms in total. The van der Waals surface area contributed by atoms with Crippen molar-refractivity contribution < 1.29 is 58.0 Å². The molecular weight excluding hydrogens is 539 g/mol. The van der Waals surface area contributed by atoms with Crippen molar-refractivity contribution in [3.63, 3.8) is 0 Å². The van der Waals surface area contributed by atoms with Gasteiger partial charge >= 0.3 is 34.2 Å². The fourth-order valence-corrected chi connectivity index (χ4v) is 13.3. The summed E-state index contributed by atoms with van der Waals surface area (Å²) in [5.74, 6) is 0. The standard InChI is InChI=1S/C18H45O13PSi3/c1-13-16(33(20-4,21-5)22-6)29-32(19,30-17(14-2)34(23-7,24-8)25-9)31-18(15-3)35(26-10,27-11)28-12/h16-18H,13-15H2,1-12H3. The van der Waals surface area contributed by atoms with Crippen molar-refractivity contribution in [1.82, 2.24) is 0 Å². The summed E-state index contributed by atoms with van der Waals surface area (Å²) >= 11 is 0. The fraction of sp³-hybridized carbons (Fsp3) is 1.00. The number of hydrogen-bond donors (Lipinski definition) is 0. The minimum atomic E-state index is -4.46. The Labute approximate surface area is 213 Å². The molecular formula is C18H45O13PSi3. The van der Waals surface area contributed by atoms with Gasteiger partial charge in [0.2, 0.25) is 0 Å². The molecule has 0 amide bonds. The van der Waals surface area contributed by atoms with E-state index in [4.69, 9.17) is 53.4 Å². The molecule has 212 valence electrons. The molecule has 0 bridgehead atoms. The largest absolute Gasteiger partial charge is 0.531 e. The molecule has 0 fully saturated rings. The third-order valence-electron chi connectivity index (χ3n) is 5.63. The van der Waals surface area contributed by atoms with Crippen LogP contribution in [0.2, 0.25) is 0 Å². The van der Waals surface area contributed by atoms with Gasteiger partial charge in [-0.25, -0.2) is 4.57 Å². The van der Waals surface area contributed by atoms with Crippen LogP contribution in [0.3, 0.4) is 0 Å². The van der Waals surface area contributed by atoms with Gasteiger partial charge in [0.15, 0.2) is 0 Å². The molecule has 17 heteroatoms. The highest BCUT2D eigenvalue weighted by molar-refractivity contribution is 7.48. The van der Waals surface area contributed by atoms with Gasteiger partial charge in [0, 0.05) is 64.0 Å². The zero-order valence-electron chi connectivity index (χ0n) is 23.1. The second-order valence-electron chi connectivity index (χ2n) is 7.10. The zero-order chi connectivity index (χ0) is 27.3. The summed E-state index contributed by atoms with van der Waals surface area (Å²) in [6.07, 6.45) is 0.943. The third kappa shape index (κ3) is 8.19. The molecule has 0 heterocycles. The van der Waals surface area contributed by atoms with E-state index in [-0.39, 0.29) is 0 Å². The normalized spacial score (nSPS) is 17.7. The van der Waals surface area contributed by atoms with Crippen LogP contribution in [0.25, 0.3) is 0 Å². The minimum Gasteiger partial charge on any atom is -0.375 e. The van der Waals surface area contributed by atoms with Crippen LogP contribution in [0, 0.1) is 0 Å². The smallest absolute Gasteiger partial charge is 0.375 e. The van der Waals surface area contributed by atoms with E-state index in [1.807, 2.05) is 0 Å². The van der Waals surface area contributed by atoms with Crippen molar-refractivity contribution in [3.8, 4) is 0 Å². The van der Waals surface area contributed by atoms with Crippen LogP contribution in [0.15, 0.2) is 0 Å². The maximum atomic E-state index is 14.4. The van der Waals surface area contributed by atoms with Crippen molar-refractivity contribution >= 4 is 34.2 Å². The highest BCUT2D eigenvalue weighted by Crippen LogP contribution is 2.56. The molecule has 0 N–H and O–H groups in total. The summed E-state index contributed by atoms with van der Waals surface area (Å²) in [7, 11) is -1.92. The lowest BCUT2D eigenvalue weighted by atomic mass is 10.5. The van der Waals surface area contributed by atoms with Gasteiger partial charge in [-0.2, -0.15) is 0 Å². The molecule has 0 saturated carbocycles. The first-order valence-corrected chi connectivity index (χ1v) is 18.0. The molecule has 0 aromatic rings. The van der Waals surface area contributed by atoms with Crippen molar-refractivity contribution in [2.24, 2.45) is 0 Å². The van der Waals surface area contributed by atoms with E-state index < -0.39 is 51.4 Å². The Hall–Kier alpha value is 0.401. The van der Waals surface area contributed by atoms with Gasteiger partial charge in [-0.1, -0.05) is 20.8 Å². The van der Waals surface area contributed by atoms with Gasteiger partial charge in [0.1, 0.15) is 17.2 Å². The Balaban J connectivity index is 6.66. The van der Waals surface area contributed by atoms with E-state index in [0.717, 1.165) is 0 Å². The van der Waals surface area contributed by atoms with Crippen LogP contribution < -0.4 is 0 Å². The summed E-state index contributed by atoms with van der Waals surface area (Å²) < 4.78 is 82.7. The van der Waals surface area contributed by atoms with Crippen molar-refractivity contribution in [2.45, 2.75) is 57.2 Å². The highest BCUT2D eigenvalue weighted by atomic mass is 31.2. The topological polar surface area (TPSA) is 128 Å². The van der Waals surface area contributed by atoms with Crippen molar-refractivity contribution in [1.29, 1.82) is 0 Å². The van der Waals surface area contributed by atoms with Gasteiger partial charge in [0.25, 0.3) is 0 Å². The third-order valence-corrected chi connectivity index (χ3v) is 16.8. The Bertz CT molecular complexity index is 515. The zero-order valence-corrected chi connectivity index (χ0v) is 27.0. The first-order valence-electron chi connectivity index (χ1n) is 11.2. The second kappa shape index (κ2) is 16.4. The van der Waals surface area contributed by atoms with E-state index >= 15 is 0 Å². The fourth-order valence-electron chi connectivity index (χ4n) is 3.64. The average molecular weight is 585 g/mol. The molecule has 0 aliphatic heterocycles. The summed E-state index contributed by atoms with van der Waals surface area (Å²) in [5, 5.41) is 0. The highest BCUT2D eigenvalue weighted by Gasteiger charge is 2.58. The van der Waals surface area contributed by atoms with Crippen LogP contribution in [0.5, 0.6) is 0 Å². The van der Waals surface area contributed by atoms with Gasteiger partial charge < -0.3 is 39.8 Å². The molecule has 35 heavy (non-hydrogen) atoms. The monoisotopic (exact) mass is 584 g/mol. The van der Waals surface area contributed by atoms with Crippen molar-refractivity contribution in [3.05, 3.63) is 0 Å². The first kappa shape index (κ1) is 35.4. The predicted octanol–water partition coefficient (Wildman–Crippen LogP) is 2.73. The van der Waals surface area contributed by atoms with Gasteiger partial charge in [-0.15, -0.1) is 0 Å². The van der Waals surface area contributed by atoms with Gasteiger partial charge in [-0.05, 0) is 19.3 Å². The lowest BCUT2D eigenvalue weighted by molar-refractivity contribution is -0.00403. The van der Waals surface area contributed by atoms with Gasteiger partial charge in [0.05, 0.1) is 0 Å². The van der Waals surface area contributed by atoms with Crippen LogP contribution >= 0.6 is 7.82 Å². The predicted molar refractivity (Wildman–Crippen MR) is 133 cm³/mol. The molecule has 0 aliphatic carbocycles. The minimum absolute atomic E-state index is 0.314. The average Bonchev–Trinajstić information content (AvgIpc) is 2.90. The number of phosphoric ester groups is 1. The van der Waals surface area contributed by atoms with Crippen molar-refractivity contribution in [2.75, 3.05) is 64.0 Å². The van der Waals surface area contributed by atoms with E-state index in [1.54, 1.807) is 20.8 Å². The van der Waals surface area contributed by atoms with Crippen LogP contribution in [-0.4, -0.2) is 108 Å². The Morgan fingerprint density at radius 2 is 0.629 bits per heavy atom. The summed E-state index contributed by atoms with van der Waals surface area (Å²) in [4.78, 5) is 0. The van der Waals surface area contributed by atoms with Crippen LogP contribution in [0.4, 0.5) is 0 Å². The molecule has 0 aliphatic rings. The van der Waals surface area contributed by atoms with Crippen LogP contribution in [-0.2, 0) is 58.0 Å². The number of phosphoric acid groups is 1. The molecule has 0 aromatic heterocycles. The summed E-state index contributed by atoms with van der Waals surface area (Å²) in [6.45, 7) is 5.42. The first-order chi connectivity index (χ1) is 16.5. The molecule has 0 radical (unpaired) electrons. The van der Waals surface area contributed by atoms with Crippen LogP contribution in [0.1, 0.15) is 40.0 Å². The quantitative estimate of drug-likeness (QED) is 0.145. The van der Waals surface area contributed by atoms with E-state index in [9.17, 15) is 4.57 Å². The SMILES string of the molecule is CCC(OP(=O)(OC(CC)[Si](OC)(OC)OC)OC(CC)[Si](OC)(OC)OC)[Si](OC)(OC)OC. The molecule has 0 spiro atoms. The Kier molecular flexibility index (Phi) is 16.6. The summed E-state index contributed by atoms with van der Waals surface area (Å²) in [6, 6.07) is 0. The lowest BCUT2D eigenvalue weighted by Gasteiger charge is -2.38. The number of hydrogen-bond acceptors (Lipinski definition) is 13. The number of rotatable bonds is 21. The van der Waals surface area contributed by atoms with E-state index in [1.165, 1.54) is 64.0 Å². The van der Waals surface area contributed by atoms with E-state index in [0.29, 0.717) is 19.3 Å². The second-order valence-corrected chi connectivity index (χ2v) is 17.9. The Morgan fingerprint density at radius 1 is 0.457 bits per heavy atom. The molecule has 0 saturated heterocycles. The molecule has 3 unspecified atom stereocenters. The van der Waals surface area contributed by atoms with E-state index in [2.05, 4.69) is 0 Å². The summed E-state index contributed by atoms with van der Waals surface area (Å²) in [5.41, 5.74) is -2.72.